The van der Waals surface area contributed by atoms with Crippen LogP contribution in [0.1, 0.15) is 0 Å². The van der Waals surface area contributed by atoms with Crippen LogP contribution in [0.2, 0.25) is 0 Å². The maximum absolute atomic E-state index is 5.13. The normalized spacial score (nSPS) is 11.7. The van der Waals surface area contributed by atoms with Crippen molar-refractivity contribution in [3.8, 4) is 33.8 Å². The van der Waals surface area contributed by atoms with E-state index in [1.165, 1.54) is 54.2 Å². The summed E-state index contributed by atoms with van der Waals surface area (Å²) in [7, 11) is 0. The van der Waals surface area contributed by atoms with Crippen LogP contribution < -0.4 is 0 Å². The molecule has 6 aromatic carbocycles. The molecule has 0 bridgehead atoms. The van der Waals surface area contributed by atoms with Crippen molar-refractivity contribution in [1.82, 2.24) is 14.4 Å². The van der Waals surface area contributed by atoms with Gasteiger partial charge in [-0.1, -0.05) is 109 Å². The van der Waals surface area contributed by atoms with Gasteiger partial charge in [-0.15, -0.1) is 0 Å². The van der Waals surface area contributed by atoms with Crippen LogP contribution in [0, 0.1) is 0 Å². The third-order valence-corrected chi connectivity index (χ3v) is 8.66. The Morgan fingerprint density at radius 1 is 0.488 bits per heavy atom. The van der Waals surface area contributed by atoms with E-state index in [1.54, 1.807) is 0 Å². The molecule has 0 N–H and O–H groups in total. The van der Waals surface area contributed by atoms with Gasteiger partial charge in [0.25, 0.3) is 0 Å². The largest absolute Gasteiger partial charge is 0.299 e. The maximum Gasteiger partial charge on any atom is 0.138 e. The molecule has 0 saturated heterocycles. The van der Waals surface area contributed by atoms with Gasteiger partial charge in [-0.05, 0) is 84.5 Å². The predicted molar refractivity (Wildman–Crippen MR) is 179 cm³/mol. The Kier molecular flexibility index (Phi) is 5.20. The Hall–Kier alpha value is -5.80. The van der Waals surface area contributed by atoms with Gasteiger partial charge < -0.3 is 0 Å². The van der Waals surface area contributed by atoms with Crippen LogP contribution in [0.5, 0.6) is 0 Å². The fourth-order valence-electron chi connectivity index (χ4n) is 6.76. The molecule has 0 unspecified atom stereocenters. The standard InChI is InChI=1S/C40H25N3/c1-2-12-28-26(11-1)19-21-29(38(28)40-39(36-17-7-9-23-41-36)42-37-18-8-10-24-43(37)40)27-20-22-34-32-15-4-3-13-30(32)31-14-5-6-16-33(31)35(34)25-27/h1-25H. The molecule has 3 aromatic heterocycles. The number of fused-ring (bicyclic) bond motifs is 8. The quantitative estimate of drug-likeness (QED) is 0.206. The van der Waals surface area contributed by atoms with Crippen LogP contribution in [-0.4, -0.2) is 14.4 Å². The Morgan fingerprint density at radius 2 is 1.14 bits per heavy atom. The fourth-order valence-corrected chi connectivity index (χ4v) is 6.76. The number of hydrogen-bond donors (Lipinski definition) is 0. The topological polar surface area (TPSA) is 30.2 Å². The van der Waals surface area contributed by atoms with Crippen LogP contribution >= 0.6 is 0 Å². The highest BCUT2D eigenvalue weighted by Crippen LogP contribution is 2.44. The summed E-state index contributed by atoms with van der Waals surface area (Å²) >= 11 is 0. The maximum atomic E-state index is 5.13. The number of rotatable bonds is 3. The van der Waals surface area contributed by atoms with Crippen molar-refractivity contribution in [1.29, 1.82) is 0 Å². The zero-order valence-corrected chi connectivity index (χ0v) is 23.3. The number of hydrogen-bond acceptors (Lipinski definition) is 2. The van der Waals surface area contributed by atoms with Gasteiger partial charge in [0.1, 0.15) is 11.3 Å². The molecule has 0 radical (unpaired) electrons. The molecule has 0 aliphatic carbocycles. The minimum atomic E-state index is 0.857. The summed E-state index contributed by atoms with van der Waals surface area (Å²) < 4.78 is 2.21. The van der Waals surface area contributed by atoms with E-state index >= 15 is 0 Å². The first-order valence-electron chi connectivity index (χ1n) is 14.6. The zero-order chi connectivity index (χ0) is 28.3. The van der Waals surface area contributed by atoms with Crippen LogP contribution in [0.3, 0.4) is 0 Å². The van der Waals surface area contributed by atoms with Crippen LogP contribution in [0.4, 0.5) is 0 Å². The number of benzene rings is 6. The van der Waals surface area contributed by atoms with Gasteiger partial charge in [0.05, 0.1) is 11.4 Å². The van der Waals surface area contributed by atoms with Gasteiger partial charge in [0.2, 0.25) is 0 Å². The monoisotopic (exact) mass is 547 g/mol. The summed E-state index contributed by atoms with van der Waals surface area (Å²) in [6.45, 7) is 0. The molecule has 9 rings (SSSR count). The molecule has 9 aromatic rings. The van der Waals surface area contributed by atoms with E-state index < -0.39 is 0 Å². The van der Waals surface area contributed by atoms with Gasteiger partial charge in [0.15, 0.2) is 0 Å². The number of pyridine rings is 2. The first-order chi connectivity index (χ1) is 21.3. The van der Waals surface area contributed by atoms with Crippen molar-refractivity contribution in [2.75, 3.05) is 0 Å². The molecule has 3 heterocycles. The van der Waals surface area contributed by atoms with Gasteiger partial charge in [-0.2, -0.15) is 0 Å². The molecule has 0 aliphatic rings. The molecule has 0 amide bonds. The smallest absolute Gasteiger partial charge is 0.138 e. The Morgan fingerprint density at radius 3 is 1.88 bits per heavy atom. The number of aromatic nitrogens is 3. The second kappa shape index (κ2) is 9.37. The van der Waals surface area contributed by atoms with Crippen molar-refractivity contribution in [2.45, 2.75) is 0 Å². The van der Waals surface area contributed by atoms with E-state index in [4.69, 9.17) is 9.97 Å². The molecule has 3 heteroatoms. The van der Waals surface area contributed by atoms with E-state index in [9.17, 15) is 0 Å². The van der Waals surface area contributed by atoms with Crippen LogP contribution in [-0.2, 0) is 0 Å². The van der Waals surface area contributed by atoms with Gasteiger partial charge in [0, 0.05) is 18.0 Å². The molecular formula is C40H25N3. The Balaban J connectivity index is 1.41. The summed E-state index contributed by atoms with van der Waals surface area (Å²) in [5.74, 6) is 0. The summed E-state index contributed by atoms with van der Waals surface area (Å²) in [5.41, 5.74) is 7.17. The first-order valence-corrected chi connectivity index (χ1v) is 14.6. The lowest BCUT2D eigenvalue weighted by atomic mass is 9.88. The van der Waals surface area contributed by atoms with Crippen molar-refractivity contribution >= 4 is 48.7 Å². The van der Waals surface area contributed by atoms with Gasteiger partial charge >= 0.3 is 0 Å². The molecule has 43 heavy (non-hydrogen) atoms. The van der Waals surface area contributed by atoms with E-state index in [1.807, 2.05) is 30.5 Å². The second-order valence-electron chi connectivity index (χ2n) is 11.0. The SMILES string of the molecule is c1ccc(-c2nc3ccccn3c2-c2c(-c3ccc4c5ccccc5c5ccccc5c4c3)ccc3ccccc23)nc1. The van der Waals surface area contributed by atoms with E-state index in [0.717, 1.165) is 28.3 Å². The van der Waals surface area contributed by atoms with Crippen molar-refractivity contribution in [3.05, 3.63) is 152 Å². The average molecular weight is 548 g/mol. The average Bonchev–Trinajstić information content (AvgIpc) is 3.47. The third kappa shape index (κ3) is 3.62. The highest BCUT2D eigenvalue weighted by atomic mass is 15.0. The lowest BCUT2D eigenvalue weighted by Crippen LogP contribution is -1.95. The van der Waals surface area contributed by atoms with Gasteiger partial charge in [-0.25, -0.2) is 4.98 Å². The van der Waals surface area contributed by atoms with Gasteiger partial charge in [-0.3, -0.25) is 9.38 Å². The van der Waals surface area contributed by atoms with Crippen molar-refractivity contribution in [3.63, 3.8) is 0 Å². The minimum Gasteiger partial charge on any atom is -0.299 e. The highest BCUT2D eigenvalue weighted by Gasteiger charge is 2.22. The lowest BCUT2D eigenvalue weighted by molar-refractivity contribution is 1.19. The molecule has 0 spiro atoms. The second-order valence-corrected chi connectivity index (χ2v) is 11.0. The van der Waals surface area contributed by atoms with Crippen LogP contribution in [0.15, 0.2) is 152 Å². The molecule has 0 atom stereocenters. The van der Waals surface area contributed by atoms with E-state index in [-0.39, 0.29) is 0 Å². The molecule has 3 nitrogen and oxygen atoms in total. The zero-order valence-electron chi connectivity index (χ0n) is 23.3. The Labute approximate surface area is 248 Å². The summed E-state index contributed by atoms with van der Waals surface area (Å²) in [4.78, 5) is 9.87. The third-order valence-electron chi connectivity index (χ3n) is 8.66. The molecule has 200 valence electrons. The Bertz CT molecular complexity index is 2470. The summed E-state index contributed by atoms with van der Waals surface area (Å²) in [5, 5.41) is 10.0. The fraction of sp³-hybridized carbons (Fsp3) is 0. The molecule has 0 fully saturated rings. The predicted octanol–water partition coefficient (Wildman–Crippen LogP) is 10.3. The number of imidazole rings is 1. The molecular weight excluding hydrogens is 522 g/mol. The van der Waals surface area contributed by atoms with Crippen molar-refractivity contribution in [2.24, 2.45) is 0 Å². The summed E-state index contributed by atoms with van der Waals surface area (Å²) in [6, 6.07) is 49.8. The summed E-state index contributed by atoms with van der Waals surface area (Å²) in [6.07, 6.45) is 3.95. The number of nitrogens with zero attached hydrogens (tertiary/aromatic N) is 3. The minimum absolute atomic E-state index is 0.857. The molecule has 0 aliphatic heterocycles. The first kappa shape index (κ1) is 23.9. The van der Waals surface area contributed by atoms with E-state index in [0.29, 0.717) is 0 Å². The molecule has 0 saturated carbocycles. The lowest BCUT2D eigenvalue weighted by Gasteiger charge is -2.17. The van der Waals surface area contributed by atoms with Crippen LogP contribution in [0.25, 0.3) is 82.5 Å². The van der Waals surface area contributed by atoms with E-state index in [2.05, 4.69) is 126 Å². The van der Waals surface area contributed by atoms with Crippen molar-refractivity contribution < 1.29 is 0 Å². The highest BCUT2D eigenvalue weighted by molar-refractivity contribution is 6.26.